The molecular weight excluding hydrogens is 140 g/mol. The second kappa shape index (κ2) is 2.08. The Hall–Kier alpha value is -1.32. The summed E-state index contributed by atoms with van der Waals surface area (Å²) in [5, 5.41) is 3.92. The van der Waals surface area contributed by atoms with Crippen molar-refractivity contribution in [2.45, 2.75) is 6.92 Å². The molecule has 4 heteroatoms. The number of hydrogen-bond acceptors (Lipinski definition) is 3. The molecule has 0 bridgehead atoms. The molecule has 2 rings (SSSR count). The van der Waals surface area contributed by atoms with E-state index in [4.69, 9.17) is 0 Å². The first-order valence-electron chi connectivity index (χ1n) is 3.48. The standard InChI is InChI=1S/C7H9N4/c1-6-3-10(2)7-8-5-9-11(7)4-6/h4H,3H2,1-2H3. The molecule has 0 unspecified atom stereocenters. The van der Waals surface area contributed by atoms with Gasteiger partial charge in [-0.2, -0.15) is 4.98 Å². The average molecular weight is 149 g/mol. The Morgan fingerprint density at radius 3 is 3.27 bits per heavy atom. The van der Waals surface area contributed by atoms with Gasteiger partial charge in [-0.05, 0) is 12.5 Å². The van der Waals surface area contributed by atoms with Gasteiger partial charge in [0.05, 0.1) is 0 Å². The summed E-state index contributed by atoms with van der Waals surface area (Å²) in [6.07, 6.45) is 4.54. The van der Waals surface area contributed by atoms with Crippen molar-refractivity contribution in [2.24, 2.45) is 0 Å². The molecule has 0 aromatic carbocycles. The van der Waals surface area contributed by atoms with E-state index in [0.717, 1.165) is 12.5 Å². The van der Waals surface area contributed by atoms with Crippen LogP contribution in [-0.2, 0) is 0 Å². The van der Waals surface area contributed by atoms with E-state index in [9.17, 15) is 0 Å². The van der Waals surface area contributed by atoms with E-state index in [1.165, 1.54) is 5.57 Å². The highest BCUT2D eigenvalue weighted by atomic mass is 15.4. The molecule has 1 radical (unpaired) electrons. The molecule has 1 aromatic rings. The summed E-state index contributed by atoms with van der Waals surface area (Å²) in [4.78, 5) is 6.02. The van der Waals surface area contributed by atoms with Crippen LogP contribution in [0.5, 0.6) is 0 Å². The Morgan fingerprint density at radius 2 is 2.45 bits per heavy atom. The molecule has 0 N–H and O–H groups in total. The van der Waals surface area contributed by atoms with Gasteiger partial charge in [0.2, 0.25) is 12.3 Å². The zero-order valence-electron chi connectivity index (χ0n) is 6.57. The van der Waals surface area contributed by atoms with E-state index in [1.54, 1.807) is 4.68 Å². The lowest BCUT2D eigenvalue weighted by Crippen LogP contribution is -2.26. The quantitative estimate of drug-likeness (QED) is 0.535. The smallest absolute Gasteiger partial charge is 0.228 e. The third-order valence-corrected chi connectivity index (χ3v) is 1.68. The Balaban J connectivity index is 2.51. The summed E-state index contributed by atoms with van der Waals surface area (Å²) >= 11 is 0. The predicted octanol–water partition coefficient (Wildman–Crippen LogP) is 0.389. The lowest BCUT2D eigenvalue weighted by Gasteiger charge is -2.21. The summed E-state index contributed by atoms with van der Waals surface area (Å²) in [7, 11) is 1.99. The second-order valence-corrected chi connectivity index (χ2v) is 2.79. The van der Waals surface area contributed by atoms with Gasteiger partial charge in [-0.3, -0.25) is 0 Å². The number of hydrogen-bond donors (Lipinski definition) is 0. The summed E-state index contributed by atoms with van der Waals surface area (Å²) in [5.74, 6) is 0.857. The van der Waals surface area contributed by atoms with Gasteiger partial charge < -0.3 is 4.90 Å². The lowest BCUT2D eigenvalue weighted by molar-refractivity contribution is 0.818. The van der Waals surface area contributed by atoms with Gasteiger partial charge >= 0.3 is 0 Å². The number of anilines is 1. The minimum Gasteiger partial charge on any atom is -0.340 e. The molecule has 0 spiro atoms. The van der Waals surface area contributed by atoms with Crippen LogP contribution in [0.1, 0.15) is 6.92 Å². The molecule has 0 atom stereocenters. The van der Waals surface area contributed by atoms with Crippen molar-refractivity contribution in [1.29, 1.82) is 0 Å². The zero-order chi connectivity index (χ0) is 7.84. The summed E-state index contributed by atoms with van der Waals surface area (Å²) in [5.41, 5.74) is 1.28. The van der Waals surface area contributed by atoms with Crippen LogP contribution in [0.4, 0.5) is 5.95 Å². The van der Waals surface area contributed by atoms with Crippen molar-refractivity contribution in [3.63, 3.8) is 0 Å². The molecule has 0 amide bonds. The first kappa shape index (κ1) is 6.39. The third-order valence-electron chi connectivity index (χ3n) is 1.68. The maximum atomic E-state index is 3.98. The first-order chi connectivity index (χ1) is 5.27. The molecular formula is C7H9N4. The van der Waals surface area contributed by atoms with Gasteiger partial charge in [-0.15, -0.1) is 5.10 Å². The molecule has 0 saturated carbocycles. The monoisotopic (exact) mass is 149 g/mol. The van der Waals surface area contributed by atoms with E-state index in [0.29, 0.717) is 0 Å². The topological polar surface area (TPSA) is 34.0 Å². The van der Waals surface area contributed by atoms with Crippen LogP contribution in [0.25, 0.3) is 6.20 Å². The van der Waals surface area contributed by atoms with Crippen LogP contribution in [0.15, 0.2) is 5.57 Å². The Kier molecular flexibility index (Phi) is 1.21. The number of likely N-dealkylation sites (N-methyl/N-ethyl adjacent to an activating group) is 1. The molecule has 1 aromatic heterocycles. The van der Waals surface area contributed by atoms with E-state index in [1.807, 2.05) is 18.1 Å². The van der Waals surface area contributed by atoms with Gasteiger partial charge in [-0.25, -0.2) is 4.68 Å². The van der Waals surface area contributed by atoms with Crippen LogP contribution < -0.4 is 4.90 Å². The van der Waals surface area contributed by atoms with Crippen molar-refractivity contribution >= 4 is 12.1 Å². The van der Waals surface area contributed by atoms with Crippen LogP contribution >= 0.6 is 0 Å². The van der Waals surface area contributed by atoms with Gasteiger partial charge in [0, 0.05) is 19.8 Å². The zero-order valence-corrected chi connectivity index (χ0v) is 6.57. The first-order valence-corrected chi connectivity index (χ1v) is 3.48. The van der Waals surface area contributed by atoms with Crippen LogP contribution in [0.2, 0.25) is 0 Å². The van der Waals surface area contributed by atoms with Crippen molar-refractivity contribution in [3.8, 4) is 0 Å². The maximum absolute atomic E-state index is 3.98. The fourth-order valence-electron chi connectivity index (χ4n) is 1.25. The number of rotatable bonds is 0. The van der Waals surface area contributed by atoms with E-state index in [-0.39, 0.29) is 0 Å². The molecule has 1 aliphatic rings. The number of aromatic nitrogens is 3. The largest absolute Gasteiger partial charge is 0.340 e. The van der Waals surface area contributed by atoms with Gasteiger partial charge in [-0.1, -0.05) is 0 Å². The third kappa shape index (κ3) is 0.906. The SMILES string of the molecule is CC1=Cn2n[c]nc2N(C)C1. The van der Waals surface area contributed by atoms with Crippen LogP contribution in [0, 0.1) is 6.33 Å². The molecule has 4 nitrogen and oxygen atoms in total. The molecule has 0 saturated heterocycles. The molecule has 11 heavy (non-hydrogen) atoms. The molecule has 1 aliphatic heterocycles. The minimum absolute atomic E-state index is 0.857. The molecule has 57 valence electrons. The van der Waals surface area contributed by atoms with Crippen molar-refractivity contribution < 1.29 is 0 Å². The number of fused-ring (bicyclic) bond motifs is 1. The van der Waals surface area contributed by atoms with Gasteiger partial charge in [0.25, 0.3) is 0 Å². The number of nitrogens with zero attached hydrogens (tertiary/aromatic N) is 4. The second-order valence-electron chi connectivity index (χ2n) is 2.79. The van der Waals surface area contributed by atoms with E-state index >= 15 is 0 Å². The average Bonchev–Trinajstić information content (AvgIpc) is 2.34. The highest BCUT2D eigenvalue weighted by Gasteiger charge is 2.13. The van der Waals surface area contributed by atoms with E-state index < -0.39 is 0 Å². The van der Waals surface area contributed by atoms with Crippen molar-refractivity contribution in [1.82, 2.24) is 14.8 Å². The molecule has 2 heterocycles. The highest BCUT2D eigenvalue weighted by molar-refractivity contribution is 5.47. The lowest BCUT2D eigenvalue weighted by atomic mass is 10.3. The van der Waals surface area contributed by atoms with Gasteiger partial charge in [0.15, 0.2) is 0 Å². The summed E-state index contributed by atoms with van der Waals surface area (Å²) in [6, 6.07) is 0. The Morgan fingerprint density at radius 1 is 1.64 bits per heavy atom. The van der Waals surface area contributed by atoms with Gasteiger partial charge in [0.1, 0.15) is 0 Å². The fraction of sp³-hybridized carbons (Fsp3) is 0.429. The van der Waals surface area contributed by atoms with Crippen LogP contribution in [0.3, 0.4) is 0 Å². The van der Waals surface area contributed by atoms with E-state index in [2.05, 4.69) is 23.3 Å². The maximum Gasteiger partial charge on any atom is 0.228 e. The predicted molar refractivity (Wildman–Crippen MR) is 42.1 cm³/mol. The van der Waals surface area contributed by atoms with Crippen LogP contribution in [-0.4, -0.2) is 28.4 Å². The Bertz CT molecular complexity index is 299. The molecule has 0 fully saturated rings. The fourth-order valence-corrected chi connectivity index (χ4v) is 1.25. The van der Waals surface area contributed by atoms with Crippen molar-refractivity contribution in [2.75, 3.05) is 18.5 Å². The summed E-state index contributed by atoms with van der Waals surface area (Å²) < 4.78 is 1.73. The normalized spacial score (nSPS) is 16.2. The Labute approximate surface area is 65.1 Å². The minimum atomic E-state index is 0.857. The highest BCUT2D eigenvalue weighted by Crippen LogP contribution is 2.15. The summed E-state index contributed by atoms with van der Waals surface area (Å²) in [6.45, 7) is 2.99. The van der Waals surface area contributed by atoms with Crippen molar-refractivity contribution in [3.05, 3.63) is 11.9 Å². The molecule has 0 aliphatic carbocycles.